The van der Waals surface area contributed by atoms with Gasteiger partial charge in [-0.05, 0) is 70.1 Å². The second kappa shape index (κ2) is 15.2. The quantitative estimate of drug-likeness (QED) is 0.0781. The largest absolute Gasteiger partial charge is 0.472 e. The molecule has 5 aliphatic rings. The van der Waals surface area contributed by atoms with Crippen molar-refractivity contribution in [3.8, 4) is 0 Å². The molecule has 0 radical (unpaired) electrons. The highest BCUT2D eigenvalue weighted by atomic mass is 16.8. The fourth-order valence-electron chi connectivity index (χ4n) is 8.44. The van der Waals surface area contributed by atoms with Gasteiger partial charge >= 0.3 is 5.97 Å². The molecule has 0 unspecified atom stereocenters. The molecule has 296 valence electrons. The minimum atomic E-state index is -1.69. The molecule has 17 atom stereocenters. The molecule has 16 nitrogen and oxygen atoms in total. The first-order valence-electron chi connectivity index (χ1n) is 17.8. The number of hydrogen-bond acceptors (Lipinski definition) is 16. The van der Waals surface area contributed by atoms with Gasteiger partial charge in [0.05, 0.1) is 30.5 Å². The number of ether oxygens (including phenoxy) is 6. The van der Waals surface area contributed by atoms with E-state index in [0.29, 0.717) is 24.8 Å². The Kier molecular flexibility index (Phi) is 12.1. The summed E-state index contributed by atoms with van der Waals surface area (Å²) in [6.45, 7) is 9.52. The van der Waals surface area contributed by atoms with Gasteiger partial charge in [-0.3, -0.25) is 0 Å². The SMILES string of the molecule is CC(/C=C/[C@@]1(O)C(C)(C)CCC[C@@]1(C)O[C@@H]1O[C@H](C)[C@@H](O)[C@H](O)[C@H]1O)=C\C(=O)O[C@@H]1C[C@](C)(O)[C@H]2[C@H](O[C@@H]3O[C@H](CO)[C@@H](O)[C@H](O)[C@H]3O)OC=C[C@H]21. The number of carbonyl (C=O) groups is 1. The van der Waals surface area contributed by atoms with Crippen LogP contribution in [-0.2, 0) is 33.2 Å². The Morgan fingerprint density at radius 2 is 1.54 bits per heavy atom. The van der Waals surface area contributed by atoms with Gasteiger partial charge in [0.25, 0.3) is 0 Å². The van der Waals surface area contributed by atoms with Gasteiger partial charge in [-0.15, -0.1) is 0 Å². The van der Waals surface area contributed by atoms with E-state index in [2.05, 4.69) is 0 Å². The first-order chi connectivity index (χ1) is 24.2. The molecule has 5 rings (SSSR count). The first kappa shape index (κ1) is 41.1. The van der Waals surface area contributed by atoms with E-state index in [0.717, 1.165) is 0 Å². The zero-order valence-corrected chi connectivity index (χ0v) is 30.4. The van der Waals surface area contributed by atoms with Crippen LogP contribution in [0.2, 0.25) is 0 Å². The van der Waals surface area contributed by atoms with Crippen molar-refractivity contribution in [3.63, 3.8) is 0 Å². The third kappa shape index (κ3) is 7.60. The van der Waals surface area contributed by atoms with Gasteiger partial charge in [0, 0.05) is 18.4 Å². The predicted molar refractivity (Wildman–Crippen MR) is 178 cm³/mol. The molecule has 4 fully saturated rings. The number of allylic oxidation sites excluding steroid dienone is 2. The minimum Gasteiger partial charge on any atom is -0.472 e. The van der Waals surface area contributed by atoms with Crippen molar-refractivity contribution < 1.29 is 79.2 Å². The van der Waals surface area contributed by atoms with Gasteiger partial charge in [-0.2, -0.15) is 0 Å². The van der Waals surface area contributed by atoms with E-state index in [4.69, 9.17) is 28.4 Å². The Balaban J connectivity index is 1.28. The summed E-state index contributed by atoms with van der Waals surface area (Å²) in [6, 6.07) is 0. The Morgan fingerprint density at radius 1 is 0.885 bits per heavy atom. The lowest BCUT2D eigenvalue weighted by Gasteiger charge is -2.57. The first-order valence-corrected chi connectivity index (χ1v) is 17.8. The van der Waals surface area contributed by atoms with Gasteiger partial charge in [-0.25, -0.2) is 4.79 Å². The van der Waals surface area contributed by atoms with Crippen LogP contribution in [0.3, 0.4) is 0 Å². The molecule has 16 heteroatoms. The molecule has 2 saturated carbocycles. The number of fused-ring (bicyclic) bond motifs is 1. The second-order valence-electron chi connectivity index (χ2n) is 16.1. The summed E-state index contributed by atoms with van der Waals surface area (Å²) in [5.74, 6) is -2.12. The standard InChI is InChI=1S/C36H56O16/c1-17(8-12-36(46)33(3,4)10-7-11-35(36,6)52-32-29(44)26(41)24(39)18(2)48-32)14-22(38)49-20-15-34(5,45)23-19(20)9-13-47-30(23)51-31-28(43)27(42)25(40)21(16-37)50-31/h8-9,12-14,18-21,23-32,37,39-46H,7,10-11,15-16H2,1-6H3/b12-8+,17-14+/t18-,19+,20-,21-,23-,24-,25-,26+,27+,28-,29-,30+,31+,32+,34+,35-,36-/m1/s1. The maximum absolute atomic E-state index is 13.2. The Labute approximate surface area is 302 Å². The normalized spacial score (nSPS) is 49.4. The molecule has 0 spiro atoms. The Morgan fingerprint density at radius 3 is 2.21 bits per heavy atom. The van der Waals surface area contributed by atoms with Gasteiger partial charge in [0.15, 0.2) is 12.6 Å². The molecule has 0 aromatic rings. The van der Waals surface area contributed by atoms with Crippen LogP contribution >= 0.6 is 0 Å². The van der Waals surface area contributed by atoms with E-state index < -0.39 is 120 Å². The summed E-state index contributed by atoms with van der Waals surface area (Å²) in [4.78, 5) is 13.2. The minimum absolute atomic E-state index is 0.00209. The van der Waals surface area contributed by atoms with Gasteiger partial charge < -0.3 is 74.4 Å². The van der Waals surface area contributed by atoms with E-state index in [-0.39, 0.29) is 6.42 Å². The third-order valence-electron chi connectivity index (χ3n) is 11.8. The fraction of sp³-hybridized carbons (Fsp3) is 0.806. The zero-order chi connectivity index (χ0) is 38.6. The van der Waals surface area contributed by atoms with E-state index >= 15 is 0 Å². The molecule has 0 aromatic heterocycles. The molecular weight excluding hydrogens is 688 g/mol. The summed E-state index contributed by atoms with van der Waals surface area (Å²) in [5, 5.41) is 95.2. The van der Waals surface area contributed by atoms with Crippen molar-refractivity contribution in [3.05, 3.63) is 36.1 Å². The molecule has 2 saturated heterocycles. The molecule has 0 amide bonds. The highest BCUT2D eigenvalue weighted by molar-refractivity contribution is 5.83. The van der Waals surface area contributed by atoms with Crippen molar-refractivity contribution >= 4 is 5.97 Å². The van der Waals surface area contributed by atoms with Crippen molar-refractivity contribution in [2.24, 2.45) is 17.3 Å². The van der Waals surface area contributed by atoms with Crippen molar-refractivity contribution in [1.82, 2.24) is 0 Å². The van der Waals surface area contributed by atoms with Crippen LogP contribution in [0, 0.1) is 17.3 Å². The number of esters is 1. The lowest BCUT2D eigenvalue weighted by Crippen LogP contribution is -2.67. The lowest BCUT2D eigenvalue weighted by molar-refractivity contribution is -0.348. The molecule has 2 aliphatic carbocycles. The van der Waals surface area contributed by atoms with Crippen LogP contribution < -0.4 is 0 Å². The van der Waals surface area contributed by atoms with E-state index in [9.17, 15) is 50.8 Å². The number of hydrogen-bond donors (Lipinski definition) is 9. The molecule has 3 heterocycles. The predicted octanol–water partition coefficient (Wildman–Crippen LogP) is -0.982. The molecule has 52 heavy (non-hydrogen) atoms. The fourth-order valence-corrected chi connectivity index (χ4v) is 8.44. The van der Waals surface area contributed by atoms with Crippen LogP contribution in [0.25, 0.3) is 0 Å². The van der Waals surface area contributed by atoms with E-state index in [1.54, 1.807) is 39.0 Å². The smallest absolute Gasteiger partial charge is 0.331 e. The summed E-state index contributed by atoms with van der Waals surface area (Å²) in [7, 11) is 0. The van der Waals surface area contributed by atoms with Crippen LogP contribution in [0.5, 0.6) is 0 Å². The molecule has 9 N–H and O–H groups in total. The van der Waals surface area contributed by atoms with E-state index in [1.165, 1.54) is 19.3 Å². The molecule has 0 aromatic carbocycles. The van der Waals surface area contributed by atoms with Crippen LogP contribution in [0.1, 0.15) is 67.2 Å². The number of carbonyl (C=O) groups excluding carboxylic acids is 1. The van der Waals surface area contributed by atoms with Gasteiger partial charge in [0.1, 0.15) is 60.0 Å². The monoisotopic (exact) mass is 744 g/mol. The highest BCUT2D eigenvalue weighted by Crippen LogP contribution is 2.53. The highest BCUT2D eigenvalue weighted by Gasteiger charge is 2.61. The maximum atomic E-state index is 13.2. The number of aliphatic hydroxyl groups is 9. The molecule has 0 bridgehead atoms. The third-order valence-corrected chi connectivity index (χ3v) is 11.8. The lowest BCUT2D eigenvalue weighted by atomic mass is 9.58. The summed E-state index contributed by atoms with van der Waals surface area (Å²) < 4.78 is 34.7. The van der Waals surface area contributed by atoms with Crippen molar-refractivity contribution in [1.29, 1.82) is 0 Å². The molecule has 3 aliphatic heterocycles. The topological polar surface area (TPSA) is 255 Å². The number of aliphatic hydroxyl groups excluding tert-OH is 7. The van der Waals surface area contributed by atoms with E-state index in [1.807, 2.05) is 13.8 Å². The molecular formula is C36H56O16. The summed E-state index contributed by atoms with van der Waals surface area (Å²) >= 11 is 0. The van der Waals surface area contributed by atoms with Crippen molar-refractivity contribution in [2.75, 3.05) is 6.61 Å². The zero-order valence-electron chi connectivity index (χ0n) is 30.4. The average Bonchev–Trinajstić information content (AvgIpc) is 3.33. The number of rotatable bonds is 9. The van der Waals surface area contributed by atoms with Gasteiger partial charge in [-0.1, -0.05) is 19.9 Å². The van der Waals surface area contributed by atoms with Crippen LogP contribution in [0.15, 0.2) is 36.1 Å². The maximum Gasteiger partial charge on any atom is 0.331 e. The summed E-state index contributed by atoms with van der Waals surface area (Å²) in [6.07, 6.45) is -7.25. The summed E-state index contributed by atoms with van der Waals surface area (Å²) in [5.41, 5.74) is -4.76. The van der Waals surface area contributed by atoms with Crippen LogP contribution in [0.4, 0.5) is 0 Å². The van der Waals surface area contributed by atoms with Crippen molar-refractivity contribution in [2.45, 2.75) is 158 Å². The van der Waals surface area contributed by atoms with Gasteiger partial charge in [0.2, 0.25) is 6.29 Å². The Hall–Kier alpha value is -2.03. The average molecular weight is 745 g/mol. The second-order valence-corrected chi connectivity index (χ2v) is 16.1. The Bertz CT molecular complexity index is 1360. The van der Waals surface area contributed by atoms with Crippen LogP contribution in [-0.4, -0.2) is 149 Å².